The maximum Gasteiger partial charge on any atom is 0.0434 e. The predicted octanol–water partition coefficient (Wildman–Crippen LogP) is 4.79. The Labute approximate surface area is 94.9 Å². The van der Waals surface area contributed by atoms with Crippen molar-refractivity contribution in [2.24, 2.45) is 0 Å². The van der Waals surface area contributed by atoms with E-state index in [-0.39, 0.29) is 0 Å². The van der Waals surface area contributed by atoms with Gasteiger partial charge in [-0.25, -0.2) is 0 Å². The van der Waals surface area contributed by atoms with E-state index >= 15 is 0 Å². The molecule has 86 valence electrons. The van der Waals surface area contributed by atoms with Gasteiger partial charge in [0.05, 0.1) is 0 Å². The van der Waals surface area contributed by atoms with Crippen molar-refractivity contribution in [3.8, 4) is 0 Å². The Balaban J connectivity index is 0.000000921. The van der Waals surface area contributed by atoms with Crippen LogP contribution in [0.5, 0.6) is 0 Å². The molecule has 1 aromatic heterocycles. The quantitative estimate of drug-likeness (QED) is 0.676. The lowest BCUT2D eigenvalue weighted by Crippen LogP contribution is -1.99. The summed E-state index contributed by atoms with van der Waals surface area (Å²) in [6.45, 7) is 8.49. The molecule has 1 heteroatoms. The van der Waals surface area contributed by atoms with E-state index in [2.05, 4.69) is 31.0 Å². The van der Waals surface area contributed by atoms with Crippen LogP contribution in [0.15, 0.2) is 24.4 Å². The molecule has 0 amide bonds. The van der Waals surface area contributed by atoms with Gasteiger partial charge in [-0.2, -0.15) is 0 Å². The highest BCUT2D eigenvalue weighted by molar-refractivity contribution is 5.08. The Morgan fingerprint density at radius 2 is 1.93 bits per heavy atom. The molecule has 0 fully saturated rings. The van der Waals surface area contributed by atoms with E-state index in [4.69, 9.17) is 0 Å². The summed E-state index contributed by atoms with van der Waals surface area (Å²) in [5.41, 5.74) is 1.26. The Hall–Kier alpha value is -0.850. The van der Waals surface area contributed by atoms with Crippen LogP contribution in [-0.2, 0) is 0 Å². The molecule has 1 rings (SSSR count). The van der Waals surface area contributed by atoms with Gasteiger partial charge in [0.2, 0.25) is 0 Å². The minimum Gasteiger partial charge on any atom is -0.261 e. The Morgan fingerprint density at radius 3 is 2.40 bits per heavy atom. The fraction of sp³-hybridized carbons (Fsp3) is 0.643. The molecule has 1 nitrogen and oxygen atoms in total. The van der Waals surface area contributed by atoms with Gasteiger partial charge in [-0.05, 0) is 25.0 Å². The summed E-state index contributed by atoms with van der Waals surface area (Å²) in [7, 11) is 0. The molecule has 0 saturated carbocycles. The zero-order valence-corrected chi connectivity index (χ0v) is 10.7. The average molecular weight is 207 g/mol. The summed E-state index contributed by atoms with van der Waals surface area (Å²) >= 11 is 0. The van der Waals surface area contributed by atoms with E-state index in [1.54, 1.807) is 0 Å². The molecule has 1 heterocycles. The van der Waals surface area contributed by atoms with Crippen LogP contribution >= 0.6 is 0 Å². The van der Waals surface area contributed by atoms with Crippen molar-refractivity contribution in [3.05, 3.63) is 30.1 Å². The smallest absolute Gasteiger partial charge is 0.0434 e. The molecule has 0 aromatic carbocycles. The van der Waals surface area contributed by atoms with Crippen molar-refractivity contribution in [2.45, 2.75) is 59.3 Å². The molecule has 0 bridgehead atoms. The predicted molar refractivity (Wildman–Crippen MR) is 68.1 cm³/mol. The fourth-order valence-corrected chi connectivity index (χ4v) is 1.63. The van der Waals surface area contributed by atoms with Crippen LogP contribution in [0.3, 0.4) is 0 Å². The second kappa shape index (κ2) is 9.70. The maximum absolute atomic E-state index is 4.40. The van der Waals surface area contributed by atoms with Crippen LogP contribution in [-0.4, -0.2) is 4.98 Å². The van der Waals surface area contributed by atoms with Crippen LogP contribution < -0.4 is 0 Å². The topological polar surface area (TPSA) is 12.9 Å². The number of aromatic nitrogens is 1. The van der Waals surface area contributed by atoms with Gasteiger partial charge in [-0.15, -0.1) is 0 Å². The molecule has 0 spiro atoms. The number of pyridine rings is 1. The molecule has 15 heavy (non-hydrogen) atoms. The van der Waals surface area contributed by atoms with E-state index in [1.807, 2.05) is 26.1 Å². The van der Waals surface area contributed by atoms with Gasteiger partial charge in [-0.3, -0.25) is 4.98 Å². The maximum atomic E-state index is 4.40. The summed E-state index contributed by atoms with van der Waals surface area (Å²) in [4.78, 5) is 4.40. The van der Waals surface area contributed by atoms with Crippen LogP contribution in [0.1, 0.15) is 65.0 Å². The normalized spacial score (nSPS) is 11.5. The lowest BCUT2D eigenvalue weighted by molar-refractivity contribution is 0.557. The molecule has 1 unspecified atom stereocenters. The Kier molecular flexibility index (Phi) is 9.15. The minimum absolute atomic E-state index is 0.668. The van der Waals surface area contributed by atoms with Gasteiger partial charge in [0.25, 0.3) is 0 Å². The lowest BCUT2D eigenvalue weighted by atomic mass is 9.95. The lowest BCUT2D eigenvalue weighted by Gasteiger charge is -2.12. The molecular formula is C14H25N. The monoisotopic (exact) mass is 207 g/mol. The van der Waals surface area contributed by atoms with E-state index in [0.29, 0.717) is 5.92 Å². The first-order chi connectivity index (χ1) is 7.38. The Morgan fingerprint density at radius 1 is 1.20 bits per heavy atom. The zero-order chi connectivity index (χ0) is 11.5. The second-order valence-electron chi connectivity index (χ2n) is 3.50. The van der Waals surface area contributed by atoms with Crippen molar-refractivity contribution < 1.29 is 0 Å². The van der Waals surface area contributed by atoms with Crippen molar-refractivity contribution in [3.63, 3.8) is 0 Å². The summed E-state index contributed by atoms with van der Waals surface area (Å²) < 4.78 is 0. The third-order valence-corrected chi connectivity index (χ3v) is 2.50. The fourth-order valence-electron chi connectivity index (χ4n) is 1.63. The number of unbranched alkanes of at least 4 members (excludes halogenated alkanes) is 1. The van der Waals surface area contributed by atoms with Gasteiger partial charge in [0.1, 0.15) is 0 Å². The third-order valence-electron chi connectivity index (χ3n) is 2.50. The van der Waals surface area contributed by atoms with Crippen LogP contribution in [0.4, 0.5) is 0 Å². The highest BCUT2D eigenvalue weighted by Gasteiger charge is 2.08. The van der Waals surface area contributed by atoms with E-state index in [9.17, 15) is 0 Å². The number of rotatable bonds is 5. The summed E-state index contributed by atoms with van der Waals surface area (Å²) in [5, 5.41) is 0. The molecule has 1 atom stereocenters. The second-order valence-corrected chi connectivity index (χ2v) is 3.50. The summed E-state index contributed by atoms with van der Waals surface area (Å²) in [5.74, 6) is 0.668. The van der Waals surface area contributed by atoms with E-state index < -0.39 is 0 Å². The molecule has 0 aliphatic heterocycles. The average Bonchev–Trinajstić information content (AvgIpc) is 2.34. The zero-order valence-electron chi connectivity index (χ0n) is 10.7. The summed E-state index contributed by atoms with van der Waals surface area (Å²) in [6.07, 6.45) is 6.98. The Bertz CT molecular complexity index is 218. The van der Waals surface area contributed by atoms with Crippen molar-refractivity contribution in [2.75, 3.05) is 0 Å². The largest absolute Gasteiger partial charge is 0.261 e. The van der Waals surface area contributed by atoms with Gasteiger partial charge in [-0.1, -0.05) is 46.6 Å². The number of nitrogens with zero attached hydrogens (tertiary/aromatic N) is 1. The van der Waals surface area contributed by atoms with Gasteiger partial charge >= 0.3 is 0 Å². The molecule has 0 N–H and O–H groups in total. The minimum atomic E-state index is 0.668. The van der Waals surface area contributed by atoms with Crippen LogP contribution in [0.2, 0.25) is 0 Å². The standard InChI is InChI=1S/C12H19N.C2H6/c1-3-5-8-11(4-2)12-9-6-7-10-13-12;1-2/h6-7,9-11H,3-5,8H2,1-2H3;1-2H3. The number of hydrogen-bond donors (Lipinski definition) is 0. The molecule has 0 saturated heterocycles. The van der Waals surface area contributed by atoms with Gasteiger partial charge in [0.15, 0.2) is 0 Å². The van der Waals surface area contributed by atoms with Gasteiger partial charge < -0.3 is 0 Å². The molecule has 0 aliphatic carbocycles. The highest BCUT2D eigenvalue weighted by atomic mass is 14.7. The highest BCUT2D eigenvalue weighted by Crippen LogP contribution is 2.22. The summed E-state index contributed by atoms with van der Waals surface area (Å²) in [6, 6.07) is 6.21. The first-order valence-corrected chi connectivity index (χ1v) is 6.29. The molecular weight excluding hydrogens is 182 g/mol. The van der Waals surface area contributed by atoms with E-state index in [0.717, 1.165) is 0 Å². The van der Waals surface area contributed by atoms with Crippen molar-refractivity contribution in [1.29, 1.82) is 0 Å². The molecule has 0 aliphatic rings. The first-order valence-electron chi connectivity index (χ1n) is 6.29. The van der Waals surface area contributed by atoms with E-state index in [1.165, 1.54) is 31.4 Å². The van der Waals surface area contributed by atoms with Crippen molar-refractivity contribution in [1.82, 2.24) is 4.98 Å². The first kappa shape index (κ1) is 14.2. The third kappa shape index (κ3) is 5.56. The van der Waals surface area contributed by atoms with Crippen molar-refractivity contribution >= 4 is 0 Å². The number of hydrogen-bond acceptors (Lipinski definition) is 1. The van der Waals surface area contributed by atoms with Crippen LogP contribution in [0, 0.1) is 0 Å². The van der Waals surface area contributed by atoms with Crippen LogP contribution in [0.25, 0.3) is 0 Å². The van der Waals surface area contributed by atoms with Gasteiger partial charge in [0, 0.05) is 17.8 Å². The SMILES string of the molecule is CC.CCCCC(CC)c1ccccn1. The molecule has 1 aromatic rings. The molecule has 0 radical (unpaired) electrons.